The van der Waals surface area contributed by atoms with E-state index < -0.39 is 73.6 Å². The number of amides is 2. The highest BCUT2D eigenvalue weighted by Crippen LogP contribution is 2.37. The van der Waals surface area contributed by atoms with Gasteiger partial charge >= 0.3 is 0 Å². The minimum Gasteiger partial charge on any atom is -0.388 e. The Morgan fingerprint density at radius 2 is 1.04 bits per heavy atom. The van der Waals surface area contributed by atoms with Gasteiger partial charge in [0.05, 0.1) is 36.8 Å². The fraction of sp³-hybridized carbons (Fsp3) is 0.600. The summed E-state index contributed by atoms with van der Waals surface area (Å²) in [6, 6.07) is -2.92. The van der Waals surface area contributed by atoms with Gasteiger partial charge in [0, 0.05) is 12.1 Å². The Morgan fingerprint density at radius 3 is 1.40 bits per heavy atom. The van der Waals surface area contributed by atoms with Crippen LogP contribution in [0.2, 0.25) is 10.6 Å². The van der Waals surface area contributed by atoms with Gasteiger partial charge in [-0.05, 0) is 61.7 Å². The summed E-state index contributed by atoms with van der Waals surface area (Å²) in [6.07, 6.45) is 1.20. The molecular formula is C30H38Cl2N12O8. The lowest BCUT2D eigenvalue weighted by atomic mass is 9.91. The van der Waals surface area contributed by atoms with E-state index in [1.807, 2.05) is 0 Å². The maximum Gasteiger partial charge on any atom is 0.246 e. The average Bonchev–Trinajstić information content (AvgIpc) is 3.87. The Labute approximate surface area is 304 Å². The number of rotatable bonds is 10. The summed E-state index contributed by atoms with van der Waals surface area (Å²) in [5, 5.41) is 72.7. The first-order chi connectivity index (χ1) is 24.9. The molecular weight excluding hydrogens is 727 g/mol. The van der Waals surface area contributed by atoms with Crippen molar-refractivity contribution in [3.8, 4) is 0 Å². The van der Waals surface area contributed by atoms with Crippen LogP contribution in [0.5, 0.6) is 0 Å². The molecule has 3 aliphatic rings. The monoisotopic (exact) mass is 764 g/mol. The quantitative estimate of drug-likeness (QED) is 0.0813. The number of carbonyl (C=O) groups is 2. The number of hydrogen-bond donors (Lipinski definition) is 10. The van der Waals surface area contributed by atoms with E-state index >= 15 is 0 Å². The van der Waals surface area contributed by atoms with Gasteiger partial charge in [0.2, 0.25) is 22.4 Å². The number of aliphatic hydroxyl groups is 6. The van der Waals surface area contributed by atoms with Gasteiger partial charge in [-0.1, -0.05) is 0 Å². The second kappa shape index (κ2) is 14.8. The molecule has 4 aromatic heterocycles. The minimum absolute atomic E-state index is 0.00268. The summed E-state index contributed by atoms with van der Waals surface area (Å²) in [4.78, 5) is 49.9. The number of hydrogen-bond acceptors (Lipinski definition) is 16. The highest BCUT2D eigenvalue weighted by Gasteiger charge is 2.45. The van der Waals surface area contributed by atoms with Gasteiger partial charge in [0.1, 0.15) is 37.6 Å². The summed E-state index contributed by atoms with van der Waals surface area (Å²) < 4.78 is 3.21. The number of fused-ring (bicyclic) bond motifs is 2. The predicted molar refractivity (Wildman–Crippen MR) is 183 cm³/mol. The zero-order valence-electron chi connectivity index (χ0n) is 27.4. The molecule has 4 aromatic rings. The van der Waals surface area contributed by atoms with E-state index in [0.29, 0.717) is 34.0 Å². The Hall–Kier alpha value is -4.02. The van der Waals surface area contributed by atoms with Crippen molar-refractivity contribution in [2.75, 3.05) is 23.8 Å². The summed E-state index contributed by atoms with van der Waals surface area (Å²) >= 11 is 12.7. The molecule has 20 nitrogen and oxygen atoms in total. The maximum absolute atomic E-state index is 11.7. The standard InChI is InChI=1S/C30H38Cl2N12O8/c31-29-39-25(19-27(41-29)43(9-33-19)15-5-13(21(49)23(15)51)37-17(47)7-45)35-11-1-2-12(4-3-11)36-26-20-28(42-30(32)40-26)44(10-34-20)16-6-14(22(50)24(16)52)38-18(48)8-46/h9-16,21-24,45-46,49-52H,1-8H2,(H,37,47)(H,38,48)(H,35,39,41)(H,36,40,42)/t11?,12?,13-,14-,15+,16+,21+,22+,23-,24-/m0/s1. The van der Waals surface area contributed by atoms with E-state index in [-0.39, 0.29) is 35.5 Å². The molecule has 3 aliphatic carbocycles. The molecule has 3 saturated carbocycles. The van der Waals surface area contributed by atoms with Crippen molar-refractivity contribution in [2.45, 2.75) is 99.2 Å². The Kier molecular flexibility index (Phi) is 10.3. The lowest BCUT2D eigenvalue weighted by molar-refractivity contribution is -0.126. The van der Waals surface area contributed by atoms with Crippen molar-refractivity contribution in [3.05, 3.63) is 23.2 Å². The normalized spacial score (nSPS) is 30.5. The lowest BCUT2D eigenvalue weighted by Gasteiger charge is -2.30. The van der Waals surface area contributed by atoms with Crippen molar-refractivity contribution in [3.63, 3.8) is 0 Å². The van der Waals surface area contributed by atoms with Crippen LogP contribution in [-0.2, 0) is 9.59 Å². The summed E-state index contributed by atoms with van der Waals surface area (Å²) in [5.74, 6) is -0.502. The molecule has 0 unspecified atom stereocenters. The number of anilines is 2. The Bertz CT molecular complexity index is 1820. The summed E-state index contributed by atoms with van der Waals surface area (Å²) in [6.45, 7) is -1.48. The smallest absolute Gasteiger partial charge is 0.246 e. The number of aromatic nitrogens is 8. The number of nitrogens with one attached hydrogen (secondary N) is 4. The van der Waals surface area contributed by atoms with Crippen LogP contribution in [0.4, 0.5) is 11.6 Å². The van der Waals surface area contributed by atoms with E-state index in [1.54, 1.807) is 9.13 Å². The Morgan fingerprint density at radius 1 is 0.654 bits per heavy atom. The molecule has 10 N–H and O–H groups in total. The molecule has 0 aliphatic heterocycles. The fourth-order valence-corrected chi connectivity index (χ4v) is 7.92. The number of nitrogens with zero attached hydrogens (tertiary/aromatic N) is 8. The van der Waals surface area contributed by atoms with E-state index in [1.165, 1.54) is 12.7 Å². The number of imidazole rings is 2. The van der Waals surface area contributed by atoms with Crippen molar-refractivity contribution >= 4 is 69.0 Å². The second-order valence-corrected chi connectivity index (χ2v) is 14.1. The van der Waals surface area contributed by atoms with E-state index in [9.17, 15) is 30.0 Å². The molecule has 0 radical (unpaired) electrons. The van der Waals surface area contributed by atoms with Crippen LogP contribution >= 0.6 is 23.2 Å². The molecule has 4 heterocycles. The van der Waals surface area contributed by atoms with Gasteiger partial charge in [-0.15, -0.1) is 0 Å². The fourth-order valence-electron chi connectivity index (χ4n) is 7.59. The minimum atomic E-state index is -1.27. The number of carbonyl (C=O) groups excluding carboxylic acids is 2. The first-order valence-electron chi connectivity index (χ1n) is 16.8. The summed E-state index contributed by atoms with van der Waals surface area (Å²) in [5.41, 5.74) is 1.53. The molecule has 280 valence electrons. The largest absolute Gasteiger partial charge is 0.388 e. The topological polar surface area (TPSA) is 291 Å². The lowest BCUT2D eigenvalue weighted by Crippen LogP contribution is -2.44. The molecule has 0 saturated heterocycles. The van der Waals surface area contributed by atoms with Crippen LogP contribution in [-0.4, -0.2) is 143 Å². The highest BCUT2D eigenvalue weighted by atomic mass is 35.5. The maximum atomic E-state index is 11.7. The van der Waals surface area contributed by atoms with Crippen molar-refractivity contribution in [1.82, 2.24) is 49.7 Å². The molecule has 7 rings (SSSR count). The van der Waals surface area contributed by atoms with Gasteiger partial charge in [-0.2, -0.15) is 19.9 Å². The van der Waals surface area contributed by atoms with Crippen LogP contribution < -0.4 is 21.3 Å². The zero-order chi connectivity index (χ0) is 36.8. The van der Waals surface area contributed by atoms with Gasteiger partial charge in [-0.3, -0.25) is 9.59 Å². The molecule has 0 spiro atoms. The van der Waals surface area contributed by atoms with Crippen LogP contribution in [0.1, 0.15) is 50.6 Å². The SMILES string of the molecule is O=C(CO)N[C@H]1C[C@@H](n2cnc3c(NC4CCC(Nc5nc(Cl)nc6c5ncn6[C@@H]5C[C@H](NC(=O)CO)[C@@H](O)[C@H]5O)CC4)nc(Cl)nc32)[C@H](O)[C@@H]1O. The van der Waals surface area contributed by atoms with Crippen molar-refractivity contribution in [2.24, 2.45) is 0 Å². The molecule has 2 amide bonds. The van der Waals surface area contributed by atoms with Crippen LogP contribution in [0.3, 0.4) is 0 Å². The summed E-state index contributed by atoms with van der Waals surface area (Å²) in [7, 11) is 0. The molecule has 22 heteroatoms. The first kappa shape index (κ1) is 36.3. The van der Waals surface area contributed by atoms with Crippen molar-refractivity contribution < 1.29 is 40.2 Å². The third-order valence-electron chi connectivity index (χ3n) is 10.2. The van der Waals surface area contributed by atoms with Crippen LogP contribution in [0.25, 0.3) is 22.3 Å². The van der Waals surface area contributed by atoms with E-state index in [4.69, 9.17) is 33.4 Å². The van der Waals surface area contributed by atoms with Gasteiger partial charge in [-0.25, -0.2) is 9.97 Å². The van der Waals surface area contributed by atoms with Crippen molar-refractivity contribution in [1.29, 1.82) is 0 Å². The highest BCUT2D eigenvalue weighted by molar-refractivity contribution is 6.29. The molecule has 52 heavy (non-hydrogen) atoms. The molecule has 8 atom stereocenters. The van der Waals surface area contributed by atoms with E-state index in [2.05, 4.69) is 51.2 Å². The predicted octanol–water partition coefficient (Wildman–Crippen LogP) is -1.60. The van der Waals surface area contributed by atoms with E-state index in [0.717, 1.165) is 25.7 Å². The average molecular weight is 766 g/mol. The number of aliphatic hydroxyl groups excluding tert-OH is 6. The second-order valence-electron chi connectivity index (χ2n) is 13.4. The molecule has 0 bridgehead atoms. The molecule has 0 aromatic carbocycles. The van der Waals surface area contributed by atoms with Crippen LogP contribution in [0.15, 0.2) is 12.7 Å². The van der Waals surface area contributed by atoms with Gasteiger partial charge < -0.3 is 61.0 Å². The van der Waals surface area contributed by atoms with Crippen LogP contribution in [0, 0.1) is 0 Å². The number of halogens is 2. The third kappa shape index (κ3) is 6.92. The Balaban J connectivity index is 1.02. The van der Waals surface area contributed by atoms with Gasteiger partial charge in [0.15, 0.2) is 34.0 Å². The first-order valence-corrected chi connectivity index (χ1v) is 17.6. The molecule has 3 fully saturated rings. The van der Waals surface area contributed by atoms with Gasteiger partial charge in [0.25, 0.3) is 0 Å². The zero-order valence-corrected chi connectivity index (χ0v) is 28.9. The third-order valence-corrected chi connectivity index (χ3v) is 10.5.